The number of aryl methyl sites for hydroxylation is 1. The molecule has 1 N–H and O–H groups in total. The lowest BCUT2D eigenvalue weighted by atomic mass is 9.88. The summed E-state index contributed by atoms with van der Waals surface area (Å²) in [6.45, 7) is 3.91. The Balaban J connectivity index is 1.22. The highest BCUT2D eigenvalue weighted by Crippen LogP contribution is 2.33. The molecule has 0 radical (unpaired) electrons. The van der Waals surface area contributed by atoms with Crippen molar-refractivity contribution in [2.45, 2.75) is 31.8 Å². The maximum absolute atomic E-state index is 13.6. The Hall–Kier alpha value is -3.29. The molecule has 1 amide bonds. The van der Waals surface area contributed by atoms with Gasteiger partial charge < -0.3 is 19.5 Å². The molecular formula is C30H33F2N3O2. The van der Waals surface area contributed by atoms with Gasteiger partial charge in [0.15, 0.2) is 0 Å². The molecule has 37 heavy (non-hydrogen) atoms. The average molecular weight is 506 g/mol. The van der Waals surface area contributed by atoms with Gasteiger partial charge in [-0.25, -0.2) is 8.78 Å². The van der Waals surface area contributed by atoms with Crippen LogP contribution in [0.3, 0.4) is 0 Å². The molecule has 1 atom stereocenters. The minimum Gasteiger partial charge on any atom is -0.387 e. The van der Waals surface area contributed by atoms with Crippen LogP contribution in [0.1, 0.15) is 59.0 Å². The van der Waals surface area contributed by atoms with E-state index in [1.165, 1.54) is 29.8 Å². The van der Waals surface area contributed by atoms with Gasteiger partial charge in [0.1, 0.15) is 11.6 Å². The fourth-order valence-corrected chi connectivity index (χ4v) is 5.63. The van der Waals surface area contributed by atoms with Crippen molar-refractivity contribution in [3.63, 3.8) is 0 Å². The molecule has 3 aromatic rings. The molecule has 2 aromatic carbocycles. The van der Waals surface area contributed by atoms with Crippen molar-refractivity contribution in [3.8, 4) is 0 Å². The van der Waals surface area contributed by atoms with E-state index < -0.39 is 6.10 Å². The second kappa shape index (κ2) is 11.0. The van der Waals surface area contributed by atoms with Crippen LogP contribution in [0.25, 0.3) is 5.57 Å². The van der Waals surface area contributed by atoms with Gasteiger partial charge in [0, 0.05) is 39.4 Å². The van der Waals surface area contributed by atoms with Crippen LogP contribution in [0.2, 0.25) is 0 Å². The summed E-state index contributed by atoms with van der Waals surface area (Å²) in [5.41, 5.74) is 5.56. The second-order valence-electron chi connectivity index (χ2n) is 10.0. The van der Waals surface area contributed by atoms with E-state index in [1.807, 2.05) is 22.7 Å². The normalized spacial score (nSPS) is 18.6. The topological polar surface area (TPSA) is 48.7 Å². The van der Waals surface area contributed by atoms with E-state index in [1.54, 1.807) is 30.3 Å². The first-order valence-electron chi connectivity index (χ1n) is 13.0. The second-order valence-corrected chi connectivity index (χ2v) is 10.0. The Kier molecular flexibility index (Phi) is 7.53. The molecule has 1 saturated heterocycles. The van der Waals surface area contributed by atoms with Crippen molar-refractivity contribution in [1.82, 2.24) is 14.4 Å². The van der Waals surface area contributed by atoms with Crippen LogP contribution in [-0.4, -0.2) is 58.1 Å². The summed E-state index contributed by atoms with van der Waals surface area (Å²) in [6.07, 6.45) is 4.39. The lowest BCUT2D eigenvalue weighted by Gasteiger charge is -2.31. The van der Waals surface area contributed by atoms with E-state index in [2.05, 4.69) is 4.90 Å². The van der Waals surface area contributed by atoms with Gasteiger partial charge in [-0.15, -0.1) is 0 Å². The summed E-state index contributed by atoms with van der Waals surface area (Å²) < 4.78 is 29.0. The molecule has 0 saturated carbocycles. The number of hydrogen-bond donors (Lipinski definition) is 1. The molecule has 1 fully saturated rings. The molecule has 3 heterocycles. The molecule has 0 aliphatic carbocycles. The fraction of sp³-hybridized carbons (Fsp3) is 0.367. The third-order valence-electron chi connectivity index (χ3n) is 7.61. The molecule has 1 aromatic heterocycles. The number of fused-ring (bicyclic) bond motifs is 1. The van der Waals surface area contributed by atoms with Crippen LogP contribution < -0.4 is 0 Å². The minimum absolute atomic E-state index is 0.000693. The summed E-state index contributed by atoms with van der Waals surface area (Å²) in [5, 5.41) is 10.5. The first-order valence-corrected chi connectivity index (χ1v) is 13.0. The molecule has 2 aliphatic rings. The van der Waals surface area contributed by atoms with Crippen LogP contribution in [0, 0.1) is 11.6 Å². The van der Waals surface area contributed by atoms with Gasteiger partial charge in [0.05, 0.1) is 17.4 Å². The van der Waals surface area contributed by atoms with E-state index in [-0.39, 0.29) is 17.5 Å². The first-order chi connectivity index (χ1) is 17.9. The highest BCUT2D eigenvalue weighted by Gasteiger charge is 2.29. The number of rotatable bonds is 6. The third-order valence-corrected chi connectivity index (χ3v) is 7.61. The zero-order valence-corrected chi connectivity index (χ0v) is 21.2. The molecule has 5 nitrogen and oxygen atoms in total. The Labute approximate surface area is 216 Å². The Morgan fingerprint density at radius 3 is 2.08 bits per heavy atom. The number of amides is 1. The summed E-state index contributed by atoms with van der Waals surface area (Å²) in [6, 6.07) is 14.8. The van der Waals surface area contributed by atoms with E-state index >= 15 is 0 Å². The quantitative estimate of drug-likeness (QED) is 0.503. The molecular weight excluding hydrogens is 472 g/mol. The fourth-order valence-electron chi connectivity index (χ4n) is 5.63. The van der Waals surface area contributed by atoms with Crippen LogP contribution in [0.5, 0.6) is 0 Å². The van der Waals surface area contributed by atoms with Crippen molar-refractivity contribution in [2.24, 2.45) is 7.05 Å². The van der Waals surface area contributed by atoms with Crippen LogP contribution in [0.15, 0.2) is 66.4 Å². The minimum atomic E-state index is -0.618. The molecule has 1 unspecified atom stereocenters. The largest absolute Gasteiger partial charge is 0.387 e. The van der Waals surface area contributed by atoms with Gasteiger partial charge in [-0.3, -0.25) is 4.79 Å². The highest BCUT2D eigenvalue weighted by atomic mass is 19.1. The Morgan fingerprint density at radius 1 is 0.892 bits per heavy atom. The zero-order valence-electron chi connectivity index (χ0n) is 21.2. The summed E-state index contributed by atoms with van der Waals surface area (Å²) in [5.74, 6) is -0.551. The number of piperidine rings is 1. The van der Waals surface area contributed by atoms with Gasteiger partial charge in [-0.05, 0) is 79.3 Å². The predicted molar refractivity (Wildman–Crippen MR) is 140 cm³/mol. The number of aromatic nitrogens is 1. The number of carbonyl (C=O) groups is 1. The predicted octanol–water partition coefficient (Wildman–Crippen LogP) is 5.17. The SMILES string of the molecule is Cn1ccc2c1C(O)CCN(CCCN1CCC(=C(c3ccc(F)cc3)c3ccc(F)cc3)CC1)C2=O. The van der Waals surface area contributed by atoms with E-state index in [0.717, 1.165) is 55.6 Å². The third kappa shape index (κ3) is 5.53. The standard InChI is InChI=1S/C30H33F2N3O2/c1-33-17-13-26-29(33)27(36)14-20-35(30(26)37)16-2-15-34-18-11-23(12-19-34)28(21-3-7-24(31)8-4-21)22-5-9-25(32)10-6-22/h3-10,13,17,27,36H,2,11-12,14-16,18-20H2,1H3. The van der Waals surface area contributed by atoms with E-state index in [0.29, 0.717) is 30.8 Å². The van der Waals surface area contributed by atoms with E-state index in [4.69, 9.17) is 0 Å². The molecule has 5 rings (SSSR count). The smallest absolute Gasteiger partial charge is 0.255 e. The Bertz CT molecular complexity index is 1220. The zero-order chi connectivity index (χ0) is 25.9. The maximum atomic E-state index is 13.6. The molecule has 0 bridgehead atoms. The summed E-state index contributed by atoms with van der Waals surface area (Å²) in [4.78, 5) is 17.3. The number of benzene rings is 2. The van der Waals surface area contributed by atoms with Gasteiger partial charge in [-0.1, -0.05) is 29.8 Å². The number of likely N-dealkylation sites (tertiary alicyclic amines) is 1. The van der Waals surface area contributed by atoms with Gasteiger partial charge in [0.2, 0.25) is 0 Å². The van der Waals surface area contributed by atoms with Gasteiger partial charge >= 0.3 is 0 Å². The van der Waals surface area contributed by atoms with Crippen molar-refractivity contribution in [1.29, 1.82) is 0 Å². The maximum Gasteiger partial charge on any atom is 0.255 e. The number of hydrogen-bond acceptors (Lipinski definition) is 3. The first kappa shape index (κ1) is 25.4. The number of nitrogens with zero attached hydrogens (tertiary/aromatic N) is 3. The van der Waals surface area contributed by atoms with Gasteiger partial charge in [0.25, 0.3) is 5.91 Å². The van der Waals surface area contributed by atoms with Crippen LogP contribution in [-0.2, 0) is 7.05 Å². The number of aliphatic hydroxyl groups is 1. The lowest BCUT2D eigenvalue weighted by molar-refractivity contribution is 0.0738. The number of halogens is 2. The monoisotopic (exact) mass is 505 g/mol. The summed E-state index contributed by atoms with van der Waals surface area (Å²) in [7, 11) is 1.86. The number of carbonyl (C=O) groups excluding carboxylic acids is 1. The lowest BCUT2D eigenvalue weighted by Crippen LogP contribution is -2.36. The van der Waals surface area contributed by atoms with Crippen LogP contribution >= 0.6 is 0 Å². The average Bonchev–Trinajstić information content (AvgIpc) is 3.24. The molecule has 194 valence electrons. The van der Waals surface area contributed by atoms with Crippen molar-refractivity contribution >= 4 is 11.5 Å². The highest BCUT2D eigenvalue weighted by molar-refractivity contribution is 5.96. The van der Waals surface area contributed by atoms with Crippen molar-refractivity contribution in [2.75, 3.05) is 32.7 Å². The molecule has 2 aliphatic heterocycles. The molecule has 7 heteroatoms. The van der Waals surface area contributed by atoms with Gasteiger partial charge in [-0.2, -0.15) is 0 Å². The van der Waals surface area contributed by atoms with Crippen molar-refractivity contribution < 1.29 is 18.7 Å². The number of aliphatic hydroxyl groups excluding tert-OH is 1. The van der Waals surface area contributed by atoms with Crippen LogP contribution in [0.4, 0.5) is 8.78 Å². The molecule has 0 spiro atoms. The van der Waals surface area contributed by atoms with Crippen molar-refractivity contribution in [3.05, 3.63) is 100 Å². The van der Waals surface area contributed by atoms with E-state index in [9.17, 15) is 18.7 Å². The summed E-state index contributed by atoms with van der Waals surface area (Å²) >= 11 is 0. The Morgan fingerprint density at radius 2 is 1.49 bits per heavy atom.